The van der Waals surface area contributed by atoms with Crippen LogP contribution >= 0.6 is 0 Å². The molecule has 3 nitrogen and oxygen atoms in total. The van der Waals surface area contributed by atoms with E-state index in [1.165, 1.54) is 11.1 Å². The quantitative estimate of drug-likeness (QED) is 0.853. The van der Waals surface area contributed by atoms with Crippen LogP contribution in [0.4, 0.5) is 17.2 Å². The van der Waals surface area contributed by atoms with Gasteiger partial charge in [-0.3, -0.25) is 0 Å². The number of pyridine rings is 1. The van der Waals surface area contributed by atoms with Gasteiger partial charge in [0.2, 0.25) is 0 Å². The number of anilines is 3. The maximum Gasteiger partial charge on any atom is 0.133 e. The van der Waals surface area contributed by atoms with Crippen molar-refractivity contribution in [1.29, 1.82) is 0 Å². The Balaban J connectivity index is 2.30. The number of aryl methyl sites for hydroxylation is 2. The molecule has 0 bridgehead atoms. The van der Waals surface area contributed by atoms with Gasteiger partial charge in [-0.25, -0.2) is 4.98 Å². The number of nitrogens with one attached hydrogen (secondary N) is 1. The van der Waals surface area contributed by atoms with Crippen molar-refractivity contribution in [2.24, 2.45) is 0 Å². The van der Waals surface area contributed by atoms with E-state index in [2.05, 4.69) is 56.2 Å². The van der Waals surface area contributed by atoms with Crippen molar-refractivity contribution in [2.45, 2.75) is 40.0 Å². The van der Waals surface area contributed by atoms with Gasteiger partial charge in [0, 0.05) is 5.69 Å². The first kappa shape index (κ1) is 14.4. The van der Waals surface area contributed by atoms with E-state index in [1.54, 1.807) is 6.20 Å². The molecule has 1 aromatic carbocycles. The number of nitrogen functional groups attached to an aromatic ring is 1. The van der Waals surface area contributed by atoms with E-state index in [4.69, 9.17) is 5.73 Å². The highest BCUT2D eigenvalue weighted by Gasteiger charge is 2.14. The predicted molar refractivity (Wildman–Crippen MR) is 86.5 cm³/mol. The maximum absolute atomic E-state index is 5.73. The third-order valence-corrected chi connectivity index (χ3v) is 3.44. The van der Waals surface area contributed by atoms with Gasteiger partial charge in [0.05, 0.1) is 11.9 Å². The Bertz CT molecular complexity index is 625. The van der Waals surface area contributed by atoms with Gasteiger partial charge in [-0.15, -0.1) is 0 Å². The summed E-state index contributed by atoms with van der Waals surface area (Å²) >= 11 is 0. The van der Waals surface area contributed by atoms with E-state index in [9.17, 15) is 0 Å². The largest absolute Gasteiger partial charge is 0.397 e. The van der Waals surface area contributed by atoms with Crippen molar-refractivity contribution >= 4 is 17.2 Å². The predicted octanol–water partition coefficient (Wildman–Crippen LogP) is 4.32. The van der Waals surface area contributed by atoms with Crippen molar-refractivity contribution in [3.05, 3.63) is 47.2 Å². The summed E-state index contributed by atoms with van der Waals surface area (Å²) in [5.41, 5.74) is 11.3. The molecule has 0 unspecified atom stereocenters. The molecule has 0 radical (unpaired) electrons. The Morgan fingerprint density at radius 1 is 1.05 bits per heavy atom. The molecule has 0 saturated heterocycles. The molecule has 106 valence electrons. The fourth-order valence-corrected chi connectivity index (χ4v) is 2.13. The van der Waals surface area contributed by atoms with Crippen LogP contribution in [0.5, 0.6) is 0 Å². The zero-order chi connectivity index (χ0) is 14.9. The number of hydrogen-bond acceptors (Lipinski definition) is 3. The monoisotopic (exact) mass is 269 g/mol. The van der Waals surface area contributed by atoms with Crippen molar-refractivity contribution in [2.75, 3.05) is 11.1 Å². The second kappa shape index (κ2) is 5.16. The maximum atomic E-state index is 5.73. The molecule has 1 heterocycles. The smallest absolute Gasteiger partial charge is 0.133 e. The van der Waals surface area contributed by atoms with E-state index in [0.29, 0.717) is 5.69 Å². The lowest BCUT2D eigenvalue weighted by Crippen LogP contribution is -2.11. The Morgan fingerprint density at radius 2 is 1.75 bits per heavy atom. The van der Waals surface area contributed by atoms with Gasteiger partial charge in [-0.05, 0) is 48.1 Å². The minimum atomic E-state index is 0.165. The second-order valence-electron chi connectivity index (χ2n) is 6.34. The van der Waals surface area contributed by atoms with Crippen molar-refractivity contribution in [3.8, 4) is 0 Å². The molecule has 2 rings (SSSR count). The highest BCUT2D eigenvalue weighted by Crippen LogP contribution is 2.28. The van der Waals surface area contributed by atoms with Crippen molar-refractivity contribution < 1.29 is 0 Å². The number of aromatic nitrogens is 1. The molecule has 20 heavy (non-hydrogen) atoms. The molecule has 0 aliphatic rings. The van der Waals surface area contributed by atoms with Crippen LogP contribution in [0.2, 0.25) is 0 Å². The van der Waals surface area contributed by atoms with Crippen LogP contribution in [0.15, 0.2) is 30.5 Å². The van der Waals surface area contributed by atoms with Crippen LogP contribution in [0.1, 0.15) is 37.5 Å². The summed E-state index contributed by atoms with van der Waals surface area (Å²) < 4.78 is 0. The number of benzene rings is 1. The minimum Gasteiger partial charge on any atom is -0.397 e. The van der Waals surface area contributed by atoms with E-state index in [1.807, 2.05) is 13.0 Å². The summed E-state index contributed by atoms with van der Waals surface area (Å²) in [6, 6.07) is 8.44. The van der Waals surface area contributed by atoms with Crippen molar-refractivity contribution in [1.82, 2.24) is 4.98 Å². The molecule has 0 spiro atoms. The topological polar surface area (TPSA) is 50.9 Å². The summed E-state index contributed by atoms with van der Waals surface area (Å²) in [4.78, 5) is 4.35. The molecule has 1 aromatic heterocycles. The molecule has 0 atom stereocenters. The van der Waals surface area contributed by atoms with Crippen LogP contribution in [0.25, 0.3) is 0 Å². The molecule has 0 amide bonds. The van der Waals surface area contributed by atoms with Gasteiger partial charge in [-0.1, -0.05) is 32.9 Å². The lowest BCUT2D eigenvalue weighted by Gasteiger charge is -2.21. The second-order valence-corrected chi connectivity index (χ2v) is 6.34. The number of nitrogens with two attached hydrogens (primary N) is 1. The van der Waals surface area contributed by atoms with Gasteiger partial charge in [0.15, 0.2) is 0 Å². The van der Waals surface area contributed by atoms with Gasteiger partial charge in [0.25, 0.3) is 0 Å². The number of hydrogen-bond donors (Lipinski definition) is 2. The van der Waals surface area contributed by atoms with Crippen molar-refractivity contribution in [3.63, 3.8) is 0 Å². The lowest BCUT2D eigenvalue weighted by atomic mass is 9.86. The average Bonchev–Trinajstić information content (AvgIpc) is 2.33. The fourth-order valence-electron chi connectivity index (χ4n) is 2.13. The molecule has 0 aliphatic carbocycles. The molecule has 3 heteroatoms. The van der Waals surface area contributed by atoms with E-state index in [-0.39, 0.29) is 5.41 Å². The average molecular weight is 269 g/mol. The summed E-state index contributed by atoms with van der Waals surface area (Å²) in [5, 5.41) is 3.38. The van der Waals surface area contributed by atoms with Gasteiger partial charge >= 0.3 is 0 Å². The highest BCUT2D eigenvalue weighted by atomic mass is 15.0. The summed E-state index contributed by atoms with van der Waals surface area (Å²) in [6.45, 7) is 10.8. The molecule has 0 fully saturated rings. The molecule has 0 aliphatic heterocycles. The summed E-state index contributed by atoms with van der Waals surface area (Å²) in [7, 11) is 0. The first-order chi connectivity index (χ1) is 9.27. The van der Waals surface area contributed by atoms with E-state index < -0.39 is 0 Å². The van der Waals surface area contributed by atoms with Crippen LogP contribution < -0.4 is 11.1 Å². The molecular formula is C17H23N3. The van der Waals surface area contributed by atoms with E-state index >= 15 is 0 Å². The zero-order valence-corrected chi connectivity index (χ0v) is 12.9. The Kier molecular flexibility index (Phi) is 3.71. The zero-order valence-electron chi connectivity index (χ0n) is 12.9. The van der Waals surface area contributed by atoms with Crippen LogP contribution in [-0.4, -0.2) is 4.98 Å². The van der Waals surface area contributed by atoms with Crippen LogP contribution in [0.3, 0.4) is 0 Å². The molecular weight excluding hydrogens is 246 g/mol. The summed E-state index contributed by atoms with van der Waals surface area (Å²) in [5.74, 6) is 0.853. The summed E-state index contributed by atoms with van der Waals surface area (Å²) in [6.07, 6.45) is 1.67. The number of rotatable bonds is 2. The first-order valence-corrected chi connectivity index (χ1v) is 6.87. The van der Waals surface area contributed by atoms with Gasteiger partial charge < -0.3 is 11.1 Å². The van der Waals surface area contributed by atoms with Gasteiger partial charge in [0.1, 0.15) is 5.82 Å². The Labute approximate surface area is 121 Å². The minimum absolute atomic E-state index is 0.165. The number of nitrogens with zero attached hydrogens (tertiary/aromatic N) is 1. The third-order valence-electron chi connectivity index (χ3n) is 3.44. The standard InChI is InChI=1S/C17H23N3/c1-11-8-13(17(3,4)5)6-7-15(11)20-16-12(2)9-14(18)10-19-16/h6-10H,18H2,1-5H3,(H,19,20). The SMILES string of the molecule is Cc1cc(C(C)(C)C)ccc1Nc1ncc(N)cc1C. The molecule has 3 N–H and O–H groups in total. The first-order valence-electron chi connectivity index (χ1n) is 6.87. The molecule has 0 saturated carbocycles. The Morgan fingerprint density at radius 3 is 2.30 bits per heavy atom. The highest BCUT2D eigenvalue weighted by molar-refractivity contribution is 5.64. The molecule has 2 aromatic rings. The third kappa shape index (κ3) is 3.10. The Hall–Kier alpha value is -2.03. The normalized spacial score (nSPS) is 11.4. The van der Waals surface area contributed by atoms with E-state index in [0.717, 1.165) is 17.1 Å². The van der Waals surface area contributed by atoms with Crippen LogP contribution in [0, 0.1) is 13.8 Å². The fraction of sp³-hybridized carbons (Fsp3) is 0.353. The lowest BCUT2D eigenvalue weighted by molar-refractivity contribution is 0.590. The van der Waals surface area contributed by atoms with Gasteiger partial charge in [-0.2, -0.15) is 0 Å². The van der Waals surface area contributed by atoms with Crippen LogP contribution in [-0.2, 0) is 5.41 Å².